The Hall–Kier alpha value is -6.16. The molecule has 0 aliphatic carbocycles. The quantitative estimate of drug-likeness (QED) is 0.124. The summed E-state index contributed by atoms with van der Waals surface area (Å²) in [5, 5.41) is 30.2. The van der Waals surface area contributed by atoms with E-state index in [4.69, 9.17) is 14.2 Å². The highest BCUT2D eigenvalue weighted by molar-refractivity contribution is 6.05. The summed E-state index contributed by atoms with van der Waals surface area (Å²) in [4.78, 5) is 149. The van der Waals surface area contributed by atoms with Crippen molar-refractivity contribution >= 4 is 59.1 Å². The van der Waals surface area contributed by atoms with Gasteiger partial charge in [-0.05, 0) is 101 Å². The van der Waals surface area contributed by atoms with Crippen molar-refractivity contribution in [3.8, 4) is 5.75 Å². The first kappa shape index (κ1) is 65.4. The molecule has 5 N–H and O–H groups in total. The average molecular weight is 1110 g/mol. The molecule has 0 radical (unpaired) electrons. The minimum absolute atomic E-state index is 0.0720. The van der Waals surface area contributed by atoms with Gasteiger partial charge in [0.05, 0.1) is 31.6 Å². The number of aliphatic hydroxyl groups is 2. The molecule has 3 heterocycles. The minimum atomic E-state index is -1.76. The largest absolute Gasteiger partial charge is 0.497 e. The van der Waals surface area contributed by atoms with Crippen LogP contribution in [-0.2, 0) is 63.8 Å². The minimum Gasteiger partial charge on any atom is -0.497 e. The molecule has 7 amide bonds. The maximum atomic E-state index is 15.0. The van der Waals surface area contributed by atoms with Gasteiger partial charge in [-0.1, -0.05) is 73.9 Å². The van der Waals surface area contributed by atoms with Crippen LogP contribution in [0.1, 0.15) is 133 Å². The van der Waals surface area contributed by atoms with Crippen molar-refractivity contribution in [3.05, 3.63) is 29.8 Å². The van der Waals surface area contributed by atoms with Gasteiger partial charge in [0.2, 0.25) is 35.4 Å². The third-order valence-electron chi connectivity index (χ3n) is 15.5. The highest BCUT2D eigenvalue weighted by Crippen LogP contribution is 2.27. The van der Waals surface area contributed by atoms with Crippen molar-refractivity contribution < 1.29 is 72.4 Å². The normalized spacial score (nSPS) is 27.7. The van der Waals surface area contributed by atoms with Gasteiger partial charge in [-0.15, -0.1) is 0 Å². The van der Waals surface area contributed by atoms with Gasteiger partial charge >= 0.3 is 11.9 Å². The number of hydrogen-bond donors (Lipinski definition) is 5. The van der Waals surface area contributed by atoms with E-state index in [1.165, 1.54) is 61.6 Å². The van der Waals surface area contributed by atoms with Gasteiger partial charge in [0, 0.05) is 33.6 Å². The Labute approximate surface area is 465 Å². The summed E-state index contributed by atoms with van der Waals surface area (Å²) in [6, 6.07) is -2.19. The molecule has 0 saturated carbocycles. The van der Waals surface area contributed by atoms with E-state index in [2.05, 4.69) is 16.0 Å². The van der Waals surface area contributed by atoms with Crippen molar-refractivity contribution in [2.45, 2.75) is 201 Å². The number of ether oxygens (including phenoxy) is 3. The van der Waals surface area contributed by atoms with Crippen molar-refractivity contribution in [1.82, 2.24) is 35.6 Å². The van der Waals surface area contributed by atoms with E-state index in [1.807, 2.05) is 27.7 Å². The molecule has 79 heavy (non-hydrogen) atoms. The molecule has 1 aromatic carbocycles. The number of hydrogen-bond acceptors (Lipinski definition) is 15. The summed E-state index contributed by atoms with van der Waals surface area (Å²) in [7, 11) is 4.29. The monoisotopic (exact) mass is 1110 g/mol. The second-order valence-electron chi connectivity index (χ2n) is 23.0. The zero-order valence-corrected chi connectivity index (χ0v) is 48.8. The van der Waals surface area contributed by atoms with Crippen LogP contribution in [-0.4, -0.2) is 190 Å². The number of carbonyl (C=O) groups is 10. The molecule has 3 aliphatic rings. The number of cyclic esters (lactones) is 2. The Morgan fingerprint density at radius 3 is 2.06 bits per heavy atom. The fourth-order valence-corrected chi connectivity index (χ4v) is 10.5. The molecule has 0 spiro atoms. The zero-order valence-electron chi connectivity index (χ0n) is 48.8. The summed E-state index contributed by atoms with van der Waals surface area (Å²) in [6.45, 7) is 18.4. The molecule has 4 rings (SSSR count). The van der Waals surface area contributed by atoms with Crippen LogP contribution >= 0.6 is 0 Å². The number of aliphatic hydroxyl groups excluding tert-OH is 2. The van der Waals surface area contributed by atoms with Crippen LogP contribution in [0.3, 0.4) is 0 Å². The van der Waals surface area contributed by atoms with Crippen LogP contribution < -0.4 is 20.7 Å². The van der Waals surface area contributed by atoms with Crippen molar-refractivity contribution in [3.63, 3.8) is 0 Å². The molecule has 3 saturated heterocycles. The van der Waals surface area contributed by atoms with Crippen LogP contribution in [0.15, 0.2) is 24.3 Å². The molecule has 13 atom stereocenters. The third-order valence-corrected chi connectivity index (χ3v) is 15.5. The Balaban J connectivity index is 1.89. The predicted molar refractivity (Wildman–Crippen MR) is 290 cm³/mol. The topological polar surface area (TPSA) is 288 Å². The van der Waals surface area contributed by atoms with Gasteiger partial charge in [0.15, 0.2) is 11.9 Å². The number of esters is 2. The van der Waals surface area contributed by atoms with Gasteiger partial charge in [-0.2, -0.15) is 0 Å². The molecule has 0 aromatic heterocycles. The Bertz CT molecular complexity index is 2330. The summed E-state index contributed by atoms with van der Waals surface area (Å²) >= 11 is 0. The van der Waals surface area contributed by atoms with E-state index >= 15 is 4.79 Å². The second kappa shape index (κ2) is 29.3. The number of nitrogens with one attached hydrogen (secondary N) is 3. The molecule has 0 bridgehead atoms. The number of nitrogens with zero attached hydrogens (tertiary/aromatic N) is 4. The molecular weight excluding hydrogens is 1020 g/mol. The number of fused-ring (bicyclic) bond motifs is 1. The van der Waals surface area contributed by atoms with Crippen LogP contribution in [0.5, 0.6) is 5.75 Å². The Morgan fingerprint density at radius 1 is 0.861 bits per heavy atom. The van der Waals surface area contributed by atoms with Gasteiger partial charge in [0.1, 0.15) is 54.2 Å². The van der Waals surface area contributed by atoms with Crippen molar-refractivity contribution in [2.75, 3.05) is 34.3 Å². The molecule has 3 fully saturated rings. The van der Waals surface area contributed by atoms with Crippen molar-refractivity contribution in [1.29, 1.82) is 0 Å². The Kier molecular flexibility index (Phi) is 24.3. The number of ketones is 1. The smallest absolute Gasteiger partial charge is 0.329 e. The lowest BCUT2D eigenvalue weighted by molar-refractivity contribution is -0.163. The zero-order chi connectivity index (χ0) is 59.3. The van der Waals surface area contributed by atoms with Gasteiger partial charge < -0.3 is 60.0 Å². The lowest BCUT2D eigenvalue weighted by Gasteiger charge is -2.36. The first-order valence-electron chi connectivity index (χ1n) is 28.0. The number of likely N-dealkylation sites (N-methyl/N-ethyl adjacent to an activating group) is 2. The van der Waals surface area contributed by atoms with Crippen LogP contribution in [0.4, 0.5) is 0 Å². The van der Waals surface area contributed by atoms with Crippen LogP contribution in [0.2, 0.25) is 0 Å². The number of amides is 7. The first-order valence-corrected chi connectivity index (χ1v) is 28.0. The van der Waals surface area contributed by atoms with E-state index in [1.54, 1.807) is 52.0 Å². The molecule has 0 unspecified atom stereocenters. The first-order chi connectivity index (χ1) is 37.0. The van der Waals surface area contributed by atoms with E-state index in [0.29, 0.717) is 30.6 Å². The van der Waals surface area contributed by atoms with Crippen molar-refractivity contribution in [2.24, 2.45) is 29.6 Å². The highest BCUT2D eigenvalue weighted by Gasteiger charge is 2.46. The summed E-state index contributed by atoms with van der Waals surface area (Å²) in [6.07, 6.45) is -4.99. The van der Waals surface area contributed by atoms with E-state index in [0.717, 1.165) is 0 Å². The highest BCUT2D eigenvalue weighted by atomic mass is 16.6. The van der Waals surface area contributed by atoms with Gasteiger partial charge in [-0.25, -0.2) is 4.79 Å². The summed E-state index contributed by atoms with van der Waals surface area (Å²) in [5.74, 6) is -10.3. The van der Waals surface area contributed by atoms with E-state index in [9.17, 15) is 53.4 Å². The molecule has 1 aromatic rings. The van der Waals surface area contributed by atoms with E-state index < -0.39 is 150 Å². The van der Waals surface area contributed by atoms with Gasteiger partial charge in [-0.3, -0.25) is 43.2 Å². The maximum absolute atomic E-state index is 15.0. The lowest BCUT2D eigenvalue weighted by atomic mass is 9.91. The second-order valence-corrected chi connectivity index (χ2v) is 23.0. The SMILES string of the molecule is CC[C@H](C)[C@@H]1NC(=O)[C@@H](NC(=O)[C@@H](CC(C)C)N(C)C(=O)[C@H]2CCCN2C(=O)[C@H](C)O)[C@H](C)OC(=O)[C@H](Cc2ccc(OC)cc2)N(C)C(=O)[C@@H]2CCCN2C(=O)[C@@H](CC(C)C)NC(=O)[C@@H](C)C(=O)[C@@H](C(C)C)OC(=O)C[C@H]1O. The number of carbonyl (C=O) groups excluding carboxylic acids is 10. The predicted octanol–water partition coefficient (Wildman–Crippen LogP) is 2.32. The number of Topliss-reactive ketones (excluding diaryl/α,β-unsaturated/α-hetero) is 1. The molecule has 22 heteroatoms. The fourth-order valence-electron chi connectivity index (χ4n) is 10.5. The van der Waals surface area contributed by atoms with Crippen LogP contribution in [0, 0.1) is 29.6 Å². The standard InChI is InChI=1S/C57H89N7O15/c1-15-33(8)46-44(66)29-45(67)79-49(32(6)7)48(68)34(9)50(69)58-39(26-30(2)3)54(73)64-25-17-19-41(64)56(75)62(13)43(28-37-20-22-38(77-14)23-21-37)57(76)78-36(11)47(52(71)59-46)60-51(70)42(27-31(4)5)61(12)55(74)40-18-16-24-63(40)53(72)35(10)65/h20-23,30-36,39-44,46-47,49,65-66H,15-19,24-29H2,1-14H3,(H,58,69)(H,59,71)(H,60,70)/t33-,34-,35-,36-,39+,40+,41-,42+,43-,44+,46-,47-,49+/m0/s1. The Morgan fingerprint density at radius 2 is 1.49 bits per heavy atom. The lowest BCUT2D eigenvalue weighted by Crippen LogP contribution is -2.62. The number of methoxy groups -OCH3 is 1. The molecule has 3 aliphatic heterocycles. The average Bonchev–Trinajstić information content (AvgIpc) is 4.13. The van der Waals surface area contributed by atoms with Gasteiger partial charge in [0.25, 0.3) is 5.91 Å². The molecule has 442 valence electrons. The summed E-state index contributed by atoms with van der Waals surface area (Å²) in [5.41, 5.74) is 0.571. The number of rotatable bonds is 15. The third kappa shape index (κ3) is 16.9. The number of benzene rings is 1. The number of likely N-dealkylation sites (tertiary alicyclic amines) is 1. The maximum Gasteiger partial charge on any atom is 0.329 e. The van der Waals surface area contributed by atoms with Crippen LogP contribution in [0.25, 0.3) is 0 Å². The molecular formula is C57H89N7O15. The molecule has 22 nitrogen and oxygen atoms in total. The summed E-state index contributed by atoms with van der Waals surface area (Å²) < 4.78 is 17.2. The van der Waals surface area contributed by atoms with E-state index in [-0.39, 0.29) is 57.0 Å². The fraction of sp³-hybridized carbons (Fsp3) is 0.719.